The molecule has 0 saturated carbocycles. The minimum atomic E-state index is -0.939. The first-order valence-electron chi connectivity index (χ1n) is 9.13. The summed E-state index contributed by atoms with van der Waals surface area (Å²) in [5.74, 6) is 0.892. The first-order valence-corrected chi connectivity index (χ1v) is 10.2. The first kappa shape index (κ1) is 17.6. The number of ether oxygens (including phenoxy) is 1. The van der Waals surface area contributed by atoms with Gasteiger partial charge in [-0.05, 0) is 12.5 Å². The second-order valence-electron chi connectivity index (χ2n) is 6.98. The van der Waals surface area contributed by atoms with Crippen molar-refractivity contribution in [3.63, 3.8) is 0 Å². The van der Waals surface area contributed by atoms with Crippen LogP contribution in [0.25, 0.3) is 0 Å². The number of hydrogen-bond donors (Lipinski definition) is 0. The molecule has 1 aromatic rings. The fourth-order valence-electron chi connectivity index (χ4n) is 4.59. The van der Waals surface area contributed by atoms with Crippen molar-refractivity contribution in [2.45, 2.75) is 42.8 Å². The Balaban J connectivity index is 1.74. The van der Waals surface area contributed by atoms with Crippen LogP contribution in [0.5, 0.6) is 0 Å². The molecule has 2 saturated heterocycles. The maximum Gasteiger partial charge on any atom is 0.321 e. The lowest BCUT2D eigenvalue weighted by atomic mass is 9.78. The molecule has 26 heavy (non-hydrogen) atoms. The number of ketones is 1. The summed E-state index contributed by atoms with van der Waals surface area (Å²) >= 11 is 1.78. The number of Topliss-reactive ketones (excluding diaryl/α,β-unsaturated/α-hetero) is 1. The van der Waals surface area contributed by atoms with Crippen LogP contribution in [0.1, 0.15) is 30.7 Å². The van der Waals surface area contributed by atoms with Gasteiger partial charge in [0, 0.05) is 32.2 Å². The van der Waals surface area contributed by atoms with Crippen LogP contribution in [0.15, 0.2) is 42.5 Å². The van der Waals surface area contributed by atoms with Gasteiger partial charge in [-0.2, -0.15) is 0 Å². The number of hydrogen-bond acceptors (Lipinski definition) is 4. The van der Waals surface area contributed by atoms with Crippen molar-refractivity contribution in [3.8, 4) is 0 Å². The first-order chi connectivity index (χ1) is 12.6. The summed E-state index contributed by atoms with van der Waals surface area (Å²) in [5, 5.41) is -0.00380. The van der Waals surface area contributed by atoms with Crippen molar-refractivity contribution in [2.75, 3.05) is 19.4 Å². The van der Waals surface area contributed by atoms with Gasteiger partial charge in [0.25, 0.3) is 0 Å². The van der Waals surface area contributed by atoms with Gasteiger partial charge in [0.05, 0.1) is 12.1 Å². The summed E-state index contributed by atoms with van der Waals surface area (Å²) in [5.41, 5.74) is 0.192. The molecule has 2 heterocycles. The molecule has 0 spiro atoms. The number of likely N-dealkylation sites (N-methyl/N-ethyl adjacent to an activating group) is 1. The number of benzene rings is 1. The zero-order valence-corrected chi connectivity index (χ0v) is 15.9. The van der Waals surface area contributed by atoms with Crippen LogP contribution in [0, 0.1) is 0 Å². The third-order valence-electron chi connectivity index (χ3n) is 5.83. The average molecular weight is 372 g/mol. The number of fused-ring (bicyclic) bond motifs is 1. The lowest BCUT2D eigenvalue weighted by Gasteiger charge is -2.42. The van der Waals surface area contributed by atoms with Crippen molar-refractivity contribution >= 4 is 23.6 Å². The van der Waals surface area contributed by atoms with Gasteiger partial charge in [0.2, 0.25) is 0 Å². The molecule has 4 rings (SSSR count). The second kappa shape index (κ2) is 6.74. The molecule has 6 heteroatoms. The highest BCUT2D eigenvalue weighted by molar-refractivity contribution is 7.99. The maximum absolute atomic E-state index is 13.3. The molecular formula is C20H24N2O3S. The van der Waals surface area contributed by atoms with Crippen molar-refractivity contribution < 1.29 is 14.3 Å². The van der Waals surface area contributed by atoms with E-state index in [1.54, 1.807) is 18.9 Å². The SMILES string of the molecule is CCN1C(=O)N2[C@H](c3ccccc3)SC[C@H]2[C@@H]1C1(OC)CC=CCC1=O. The Bertz CT molecular complexity index is 738. The van der Waals surface area contributed by atoms with E-state index in [9.17, 15) is 9.59 Å². The standard InChI is InChI=1S/C20H24N2O3S/c1-3-21-17(20(25-2)12-8-7-11-16(20)23)15-13-26-18(22(15)19(21)24)14-9-5-4-6-10-14/h4-10,15,17-18H,3,11-13H2,1-2H3/t15-,17+,18-,20?/m0/s1. The highest BCUT2D eigenvalue weighted by atomic mass is 32.2. The van der Waals surface area contributed by atoms with Crippen LogP contribution in [0.3, 0.4) is 0 Å². The molecule has 0 bridgehead atoms. The second-order valence-corrected chi connectivity index (χ2v) is 8.09. The molecule has 3 aliphatic rings. The van der Waals surface area contributed by atoms with Crippen LogP contribution < -0.4 is 0 Å². The third-order valence-corrected chi connectivity index (χ3v) is 7.18. The molecule has 5 nitrogen and oxygen atoms in total. The lowest BCUT2D eigenvalue weighted by molar-refractivity contribution is -0.149. The minimum absolute atomic E-state index is 0.00380. The van der Waals surface area contributed by atoms with E-state index in [-0.39, 0.29) is 29.3 Å². The Morgan fingerprint density at radius 2 is 2.00 bits per heavy atom. The molecule has 1 unspecified atom stereocenters. The van der Waals surface area contributed by atoms with Gasteiger partial charge in [-0.1, -0.05) is 42.5 Å². The van der Waals surface area contributed by atoms with Gasteiger partial charge in [-0.3, -0.25) is 4.79 Å². The van der Waals surface area contributed by atoms with Gasteiger partial charge in [-0.25, -0.2) is 4.79 Å². The predicted octanol–water partition coefficient (Wildman–Crippen LogP) is 3.23. The van der Waals surface area contributed by atoms with Crippen molar-refractivity contribution in [3.05, 3.63) is 48.0 Å². The molecule has 2 aliphatic heterocycles. The van der Waals surface area contributed by atoms with Gasteiger partial charge >= 0.3 is 6.03 Å². The van der Waals surface area contributed by atoms with E-state index in [0.717, 1.165) is 11.3 Å². The Morgan fingerprint density at radius 1 is 1.23 bits per heavy atom. The van der Waals surface area contributed by atoms with Crippen LogP contribution in [0.4, 0.5) is 4.79 Å². The zero-order valence-electron chi connectivity index (χ0n) is 15.1. The van der Waals surface area contributed by atoms with Crippen LogP contribution in [0.2, 0.25) is 0 Å². The number of rotatable bonds is 4. The van der Waals surface area contributed by atoms with Gasteiger partial charge in [0.1, 0.15) is 5.37 Å². The van der Waals surface area contributed by atoms with Crippen LogP contribution in [-0.4, -0.2) is 58.7 Å². The summed E-state index contributed by atoms with van der Waals surface area (Å²) in [6, 6.07) is 9.88. The normalized spacial score (nSPS) is 33.8. The Labute approximate surface area is 158 Å². The van der Waals surface area contributed by atoms with E-state index in [4.69, 9.17) is 4.74 Å². The predicted molar refractivity (Wildman–Crippen MR) is 102 cm³/mol. The fraction of sp³-hybridized carbons (Fsp3) is 0.500. The molecule has 1 aromatic carbocycles. The smallest absolute Gasteiger partial charge is 0.321 e. The topological polar surface area (TPSA) is 49.9 Å². The lowest BCUT2D eigenvalue weighted by Crippen LogP contribution is -2.61. The zero-order chi connectivity index (χ0) is 18.3. The van der Waals surface area contributed by atoms with E-state index in [2.05, 4.69) is 12.1 Å². The largest absolute Gasteiger partial charge is 0.368 e. The molecule has 0 N–H and O–H groups in total. The highest BCUT2D eigenvalue weighted by Crippen LogP contribution is 2.50. The highest BCUT2D eigenvalue weighted by Gasteiger charge is 2.61. The molecule has 0 radical (unpaired) electrons. The van der Waals surface area contributed by atoms with E-state index >= 15 is 0 Å². The number of amides is 2. The number of urea groups is 1. The molecule has 4 atom stereocenters. The monoisotopic (exact) mass is 372 g/mol. The summed E-state index contributed by atoms with van der Waals surface area (Å²) in [7, 11) is 1.61. The van der Waals surface area contributed by atoms with Crippen molar-refractivity contribution in [2.24, 2.45) is 0 Å². The summed E-state index contributed by atoms with van der Waals surface area (Å²) in [6.07, 6.45) is 4.82. The maximum atomic E-state index is 13.3. The summed E-state index contributed by atoms with van der Waals surface area (Å²) in [4.78, 5) is 30.0. The number of carbonyl (C=O) groups is 2. The van der Waals surface area contributed by atoms with Gasteiger partial charge < -0.3 is 14.5 Å². The number of methoxy groups -OCH3 is 1. The molecule has 2 fully saturated rings. The molecule has 2 amide bonds. The van der Waals surface area contributed by atoms with E-state index < -0.39 is 5.60 Å². The Morgan fingerprint density at radius 3 is 2.65 bits per heavy atom. The quantitative estimate of drug-likeness (QED) is 0.762. The van der Waals surface area contributed by atoms with E-state index in [1.165, 1.54) is 0 Å². The van der Waals surface area contributed by atoms with Crippen molar-refractivity contribution in [1.29, 1.82) is 0 Å². The molecule has 138 valence electrons. The van der Waals surface area contributed by atoms with Crippen LogP contribution >= 0.6 is 11.8 Å². The molecule has 1 aliphatic carbocycles. The minimum Gasteiger partial charge on any atom is -0.368 e. The van der Waals surface area contributed by atoms with E-state index in [1.807, 2.05) is 47.1 Å². The number of carbonyl (C=O) groups excluding carboxylic acids is 2. The number of allylic oxidation sites excluding steroid dienone is 1. The molecular weight excluding hydrogens is 348 g/mol. The number of thioether (sulfide) groups is 1. The average Bonchev–Trinajstić information content (AvgIpc) is 3.22. The van der Waals surface area contributed by atoms with Gasteiger partial charge in [0.15, 0.2) is 11.4 Å². The third kappa shape index (κ3) is 2.42. The Kier molecular flexibility index (Phi) is 4.57. The molecule has 0 aromatic heterocycles. The summed E-state index contributed by atoms with van der Waals surface area (Å²) < 4.78 is 5.87. The van der Waals surface area contributed by atoms with Crippen molar-refractivity contribution in [1.82, 2.24) is 9.80 Å². The fourth-order valence-corrected chi connectivity index (χ4v) is 6.07. The van der Waals surface area contributed by atoms with E-state index in [0.29, 0.717) is 19.4 Å². The summed E-state index contributed by atoms with van der Waals surface area (Å²) in [6.45, 7) is 2.55. The number of nitrogens with zero attached hydrogens (tertiary/aromatic N) is 2. The Hall–Kier alpha value is -1.79. The van der Waals surface area contributed by atoms with Gasteiger partial charge in [-0.15, -0.1) is 11.8 Å². The van der Waals surface area contributed by atoms with Crippen LogP contribution in [-0.2, 0) is 9.53 Å².